The van der Waals surface area contributed by atoms with Crippen LogP contribution in [-0.4, -0.2) is 29.4 Å². The molecule has 1 atom stereocenters. The number of amides is 1. The maximum atomic E-state index is 13.1. The number of carbonyl (C=O) groups is 1. The van der Waals surface area contributed by atoms with Gasteiger partial charge in [-0.05, 0) is 43.2 Å². The van der Waals surface area contributed by atoms with Crippen LogP contribution in [0, 0.1) is 17.7 Å². The smallest absolute Gasteiger partial charge is 0.231 e. The van der Waals surface area contributed by atoms with Crippen LogP contribution in [0.3, 0.4) is 0 Å². The molecule has 0 spiro atoms. The van der Waals surface area contributed by atoms with Crippen LogP contribution in [0.15, 0.2) is 42.6 Å². The molecule has 0 radical (unpaired) electrons. The predicted molar refractivity (Wildman–Crippen MR) is 90.8 cm³/mol. The number of likely N-dealkylation sites (tertiary alicyclic amines) is 1. The number of likely N-dealkylation sites (N-methyl/N-ethyl adjacent to an activating group) is 1. The summed E-state index contributed by atoms with van der Waals surface area (Å²) in [5, 5.41) is 0. The summed E-state index contributed by atoms with van der Waals surface area (Å²) < 4.78 is 13.1. The van der Waals surface area contributed by atoms with Crippen LogP contribution in [0.1, 0.15) is 42.0 Å². The van der Waals surface area contributed by atoms with Crippen molar-refractivity contribution in [1.29, 1.82) is 0 Å². The van der Waals surface area contributed by atoms with Crippen LogP contribution < -0.4 is 0 Å². The molecule has 0 bridgehead atoms. The van der Waals surface area contributed by atoms with E-state index in [-0.39, 0.29) is 17.6 Å². The van der Waals surface area contributed by atoms with E-state index in [0.717, 1.165) is 37.1 Å². The van der Waals surface area contributed by atoms with Gasteiger partial charge in [-0.15, -0.1) is 0 Å². The Labute approximate surface area is 141 Å². The van der Waals surface area contributed by atoms with Gasteiger partial charge < -0.3 is 4.90 Å². The van der Waals surface area contributed by atoms with Crippen molar-refractivity contribution in [2.45, 2.75) is 25.2 Å². The Morgan fingerprint density at radius 2 is 2.00 bits per heavy atom. The number of aromatic nitrogens is 1. The lowest BCUT2D eigenvalue weighted by Crippen LogP contribution is -2.30. The largest absolute Gasteiger partial charge is 0.345 e. The molecule has 1 aliphatic heterocycles. The van der Waals surface area contributed by atoms with Gasteiger partial charge in [0.1, 0.15) is 5.82 Å². The summed E-state index contributed by atoms with van der Waals surface area (Å²) in [6.45, 7) is 0.812. The summed E-state index contributed by atoms with van der Waals surface area (Å²) in [6, 6.07) is 9.92. The van der Waals surface area contributed by atoms with Crippen LogP contribution in [0.5, 0.6) is 0 Å². The number of halogens is 1. The highest BCUT2D eigenvalue weighted by Crippen LogP contribution is 2.25. The normalized spacial score (nSPS) is 17.8. The molecule has 3 rings (SSSR count). The number of rotatable bonds is 1. The van der Waals surface area contributed by atoms with E-state index >= 15 is 0 Å². The second-order valence-electron chi connectivity index (χ2n) is 6.04. The van der Waals surface area contributed by atoms with E-state index in [1.807, 2.05) is 19.2 Å². The fourth-order valence-corrected chi connectivity index (χ4v) is 2.87. The van der Waals surface area contributed by atoms with Gasteiger partial charge >= 0.3 is 0 Å². The fraction of sp³-hybridized carbons (Fsp3) is 0.300. The Morgan fingerprint density at radius 1 is 1.17 bits per heavy atom. The van der Waals surface area contributed by atoms with Crippen molar-refractivity contribution in [3.63, 3.8) is 0 Å². The first-order valence-corrected chi connectivity index (χ1v) is 8.12. The minimum absolute atomic E-state index is 0.138. The van der Waals surface area contributed by atoms with E-state index in [1.54, 1.807) is 23.2 Å². The molecule has 122 valence electrons. The highest BCUT2D eigenvalue weighted by atomic mass is 19.1. The first-order valence-electron chi connectivity index (χ1n) is 8.12. The third kappa shape index (κ3) is 3.80. The lowest BCUT2D eigenvalue weighted by molar-refractivity contribution is -0.131. The van der Waals surface area contributed by atoms with Gasteiger partial charge in [-0.1, -0.05) is 24.3 Å². The summed E-state index contributed by atoms with van der Waals surface area (Å²) in [4.78, 5) is 18.6. The topological polar surface area (TPSA) is 33.2 Å². The lowest BCUT2D eigenvalue weighted by atomic mass is 9.97. The number of nitrogens with zero attached hydrogens (tertiary/aromatic N) is 2. The van der Waals surface area contributed by atoms with E-state index in [1.165, 1.54) is 12.1 Å². The average molecular weight is 322 g/mol. The molecule has 24 heavy (non-hydrogen) atoms. The molecule has 3 nitrogen and oxygen atoms in total. The van der Waals surface area contributed by atoms with Crippen LogP contribution in [0.4, 0.5) is 4.39 Å². The first kappa shape index (κ1) is 16.2. The van der Waals surface area contributed by atoms with E-state index in [2.05, 4.69) is 16.8 Å². The second-order valence-corrected chi connectivity index (χ2v) is 6.04. The van der Waals surface area contributed by atoms with Gasteiger partial charge in [0.25, 0.3) is 0 Å². The standard InChI is InChI=1S/C20H19FN2O/c1-23-12-3-2-7-18(20(23)24)19-11-10-16(14-22-19)9-8-15-5-4-6-17(21)13-15/h4-6,10-11,13-14,18H,2-3,7,12H2,1H3. The summed E-state index contributed by atoms with van der Waals surface area (Å²) in [6.07, 6.45) is 4.59. The average Bonchev–Trinajstić information content (AvgIpc) is 2.76. The van der Waals surface area contributed by atoms with Crippen LogP contribution in [0.2, 0.25) is 0 Å². The van der Waals surface area contributed by atoms with Crippen LogP contribution in [0.25, 0.3) is 0 Å². The summed E-state index contributed by atoms with van der Waals surface area (Å²) in [7, 11) is 1.85. The van der Waals surface area contributed by atoms with Gasteiger partial charge in [-0.25, -0.2) is 4.39 Å². The van der Waals surface area contributed by atoms with Crippen molar-refractivity contribution in [3.8, 4) is 11.8 Å². The number of benzene rings is 1. The minimum atomic E-state index is -0.300. The Balaban J connectivity index is 1.77. The van der Waals surface area contributed by atoms with Gasteiger partial charge in [-0.3, -0.25) is 9.78 Å². The lowest BCUT2D eigenvalue weighted by Gasteiger charge is -2.19. The maximum absolute atomic E-state index is 13.1. The molecular weight excluding hydrogens is 303 g/mol. The summed E-state index contributed by atoms with van der Waals surface area (Å²) >= 11 is 0. The molecular formula is C20H19FN2O. The molecule has 1 aromatic heterocycles. The number of pyridine rings is 1. The number of hydrogen-bond acceptors (Lipinski definition) is 2. The van der Waals surface area contributed by atoms with Crippen molar-refractivity contribution in [3.05, 3.63) is 65.2 Å². The molecule has 1 aliphatic rings. The third-order valence-electron chi connectivity index (χ3n) is 4.23. The Hall–Kier alpha value is -2.67. The van der Waals surface area contributed by atoms with Crippen molar-refractivity contribution in [1.82, 2.24) is 9.88 Å². The third-order valence-corrected chi connectivity index (χ3v) is 4.23. The van der Waals surface area contributed by atoms with Gasteiger partial charge in [0.05, 0.1) is 11.6 Å². The van der Waals surface area contributed by atoms with E-state index in [4.69, 9.17) is 0 Å². The van der Waals surface area contributed by atoms with Gasteiger partial charge in [-0.2, -0.15) is 0 Å². The molecule has 1 fully saturated rings. The molecule has 1 saturated heterocycles. The molecule has 0 saturated carbocycles. The van der Waals surface area contributed by atoms with Crippen LogP contribution in [-0.2, 0) is 4.79 Å². The van der Waals surface area contributed by atoms with Crippen molar-refractivity contribution in [2.24, 2.45) is 0 Å². The minimum Gasteiger partial charge on any atom is -0.345 e. The summed E-state index contributed by atoms with van der Waals surface area (Å²) in [5.41, 5.74) is 2.17. The van der Waals surface area contributed by atoms with Gasteiger partial charge in [0, 0.05) is 30.9 Å². The zero-order valence-corrected chi connectivity index (χ0v) is 13.6. The monoisotopic (exact) mass is 322 g/mol. The molecule has 4 heteroatoms. The Bertz CT molecular complexity index is 789. The number of hydrogen-bond donors (Lipinski definition) is 0. The molecule has 1 aromatic carbocycles. The van der Waals surface area contributed by atoms with Crippen molar-refractivity contribution in [2.75, 3.05) is 13.6 Å². The van der Waals surface area contributed by atoms with Gasteiger partial charge in [0.2, 0.25) is 5.91 Å². The highest BCUT2D eigenvalue weighted by molar-refractivity contribution is 5.83. The molecule has 0 N–H and O–H groups in total. The Kier molecular flexibility index (Phi) is 4.90. The number of carbonyl (C=O) groups excluding carboxylic acids is 1. The molecule has 2 aromatic rings. The SMILES string of the molecule is CN1CCCCC(c2ccc(C#Cc3cccc(F)c3)cn2)C1=O. The van der Waals surface area contributed by atoms with E-state index < -0.39 is 0 Å². The molecule has 0 aliphatic carbocycles. The molecule has 1 unspecified atom stereocenters. The van der Waals surface area contributed by atoms with Gasteiger partial charge in [0.15, 0.2) is 0 Å². The van der Waals surface area contributed by atoms with Crippen molar-refractivity contribution >= 4 is 5.91 Å². The maximum Gasteiger partial charge on any atom is 0.231 e. The zero-order chi connectivity index (χ0) is 16.9. The predicted octanol–water partition coefficient (Wildman–Crippen LogP) is 3.35. The van der Waals surface area contributed by atoms with Crippen molar-refractivity contribution < 1.29 is 9.18 Å². The zero-order valence-electron chi connectivity index (χ0n) is 13.6. The molecule has 1 amide bonds. The molecule has 2 heterocycles. The van der Waals surface area contributed by atoms with E-state index in [0.29, 0.717) is 5.56 Å². The van der Waals surface area contributed by atoms with Crippen LogP contribution >= 0.6 is 0 Å². The quantitative estimate of drug-likeness (QED) is 0.755. The summed E-state index contributed by atoms with van der Waals surface area (Å²) in [5.74, 6) is 5.57. The second kappa shape index (κ2) is 7.27. The fourth-order valence-electron chi connectivity index (χ4n) is 2.87. The Morgan fingerprint density at radius 3 is 2.75 bits per heavy atom. The van der Waals surface area contributed by atoms with E-state index in [9.17, 15) is 9.18 Å². The first-order chi connectivity index (χ1) is 11.6. The highest BCUT2D eigenvalue weighted by Gasteiger charge is 2.26.